The fourth-order valence-electron chi connectivity index (χ4n) is 2.45. The molecule has 0 atom stereocenters. The van der Waals surface area contributed by atoms with Crippen LogP contribution < -0.4 is 4.72 Å². The summed E-state index contributed by atoms with van der Waals surface area (Å²) < 4.78 is 54.1. The minimum Gasteiger partial charge on any atom is -0.261 e. The number of aromatic nitrogens is 2. The van der Waals surface area contributed by atoms with Gasteiger partial charge in [0.1, 0.15) is 11.6 Å². The first-order valence-corrected chi connectivity index (χ1v) is 11.5. The molecule has 0 saturated heterocycles. The fourth-order valence-corrected chi connectivity index (χ4v) is 5.06. The number of aryl methyl sites for hydroxylation is 2. The Morgan fingerprint density at radius 2 is 1.41 bits per heavy atom. The first kappa shape index (κ1) is 20.9. The molecule has 1 heterocycles. The minimum atomic E-state index is -4.32. The summed E-state index contributed by atoms with van der Waals surface area (Å²) in [5.74, 6) is -0.557. The van der Waals surface area contributed by atoms with Crippen LogP contribution in [-0.4, -0.2) is 26.0 Å². The number of sulfonamides is 1. The standard InChI is InChI=1S/C18H15ClN4O4S2/c1-12-3-7-14(8-4-12)28(24,25)22-18-16(11-20)17(19)21-23(18)29(26,27)15-9-5-13(2)6-10-15/h3-10,22H,1-2H3. The number of nitrogens with zero attached hydrogens (tertiary/aromatic N) is 3. The van der Waals surface area contributed by atoms with E-state index in [1.807, 2.05) is 0 Å². The molecule has 0 bridgehead atoms. The van der Waals surface area contributed by atoms with Gasteiger partial charge >= 0.3 is 0 Å². The summed E-state index contributed by atoms with van der Waals surface area (Å²) in [6, 6.07) is 13.5. The van der Waals surface area contributed by atoms with E-state index in [2.05, 4.69) is 9.82 Å². The van der Waals surface area contributed by atoms with Gasteiger partial charge in [-0.3, -0.25) is 4.72 Å². The van der Waals surface area contributed by atoms with Gasteiger partial charge in [0.2, 0.25) is 0 Å². The summed E-state index contributed by atoms with van der Waals surface area (Å²) in [6.07, 6.45) is 0. The van der Waals surface area contributed by atoms with E-state index in [9.17, 15) is 22.1 Å². The van der Waals surface area contributed by atoms with E-state index >= 15 is 0 Å². The lowest BCUT2D eigenvalue weighted by atomic mass is 10.2. The normalized spacial score (nSPS) is 11.8. The third-order valence-corrected chi connectivity index (χ3v) is 7.24. The first-order valence-electron chi connectivity index (χ1n) is 8.16. The maximum Gasteiger partial charge on any atom is 0.284 e. The van der Waals surface area contributed by atoms with Crippen molar-refractivity contribution in [3.8, 4) is 6.07 Å². The first-order chi connectivity index (χ1) is 13.6. The summed E-state index contributed by atoms with van der Waals surface area (Å²) in [7, 11) is -8.52. The van der Waals surface area contributed by atoms with Gasteiger partial charge in [-0.2, -0.15) is 13.7 Å². The average molecular weight is 451 g/mol. The molecule has 0 fully saturated rings. The van der Waals surface area contributed by atoms with E-state index in [-0.39, 0.29) is 9.79 Å². The zero-order chi connectivity index (χ0) is 21.4. The Morgan fingerprint density at radius 1 is 0.931 bits per heavy atom. The van der Waals surface area contributed by atoms with Gasteiger partial charge in [0.15, 0.2) is 11.0 Å². The van der Waals surface area contributed by atoms with Crippen molar-refractivity contribution in [1.82, 2.24) is 9.19 Å². The van der Waals surface area contributed by atoms with E-state index in [0.717, 1.165) is 11.1 Å². The molecule has 8 nitrogen and oxygen atoms in total. The number of benzene rings is 2. The summed E-state index contributed by atoms with van der Waals surface area (Å²) in [4.78, 5) is -0.244. The molecule has 3 rings (SSSR count). The zero-order valence-corrected chi connectivity index (χ0v) is 17.7. The van der Waals surface area contributed by atoms with Gasteiger partial charge in [-0.05, 0) is 38.1 Å². The van der Waals surface area contributed by atoms with E-state index < -0.39 is 36.6 Å². The number of nitrogens with one attached hydrogen (secondary N) is 1. The Hall–Kier alpha value is -2.87. The van der Waals surface area contributed by atoms with Crippen molar-refractivity contribution in [2.45, 2.75) is 23.6 Å². The molecule has 1 N–H and O–H groups in total. The van der Waals surface area contributed by atoms with Crippen molar-refractivity contribution < 1.29 is 16.8 Å². The summed E-state index contributed by atoms with van der Waals surface area (Å²) in [6.45, 7) is 3.58. The molecule has 3 aromatic rings. The van der Waals surface area contributed by atoms with E-state index in [1.54, 1.807) is 44.2 Å². The maximum absolute atomic E-state index is 13.0. The highest BCUT2D eigenvalue weighted by Crippen LogP contribution is 2.29. The smallest absolute Gasteiger partial charge is 0.261 e. The maximum atomic E-state index is 13.0. The third-order valence-electron chi connectivity index (χ3n) is 4.03. The van der Waals surface area contributed by atoms with Crippen LogP contribution in [0.25, 0.3) is 0 Å². The molecule has 11 heteroatoms. The van der Waals surface area contributed by atoms with Crippen LogP contribution in [0.1, 0.15) is 16.7 Å². The molecule has 0 aliphatic heterocycles. The molecule has 0 amide bonds. The topological polar surface area (TPSA) is 122 Å². The van der Waals surface area contributed by atoms with Crippen LogP contribution >= 0.6 is 11.6 Å². The van der Waals surface area contributed by atoms with Crippen LogP contribution in [0.3, 0.4) is 0 Å². The van der Waals surface area contributed by atoms with Crippen molar-refractivity contribution in [3.63, 3.8) is 0 Å². The number of rotatable bonds is 5. The Balaban J connectivity index is 2.16. The van der Waals surface area contributed by atoms with Gasteiger partial charge in [-0.15, -0.1) is 9.19 Å². The molecule has 150 valence electrons. The van der Waals surface area contributed by atoms with Gasteiger partial charge in [0, 0.05) is 0 Å². The number of nitriles is 1. The molecule has 0 saturated carbocycles. The Morgan fingerprint density at radius 3 is 1.90 bits per heavy atom. The molecule has 0 radical (unpaired) electrons. The average Bonchev–Trinajstić information content (AvgIpc) is 2.97. The highest BCUT2D eigenvalue weighted by atomic mass is 35.5. The molecule has 0 unspecified atom stereocenters. The van der Waals surface area contributed by atoms with Crippen molar-refractivity contribution in [3.05, 3.63) is 70.4 Å². The quantitative estimate of drug-likeness (QED) is 0.637. The van der Waals surface area contributed by atoms with E-state index in [1.165, 1.54) is 24.3 Å². The molecule has 29 heavy (non-hydrogen) atoms. The van der Waals surface area contributed by atoms with Gasteiger partial charge in [-0.1, -0.05) is 47.0 Å². The fraction of sp³-hybridized carbons (Fsp3) is 0.111. The SMILES string of the molecule is Cc1ccc(S(=O)(=O)Nc2c(C#N)c(Cl)nn2S(=O)(=O)c2ccc(C)cc2)cc1. The van der Waals surface area contributed by atoms with Crippen LogP contribution in [0.4, 0.5) is 5.82 Å². The second kappa shape index (κ2) is 7.51. The van der Waals surface area contributed by atoms with Crippen molar-refractivity contribution in [1.29, 1.82) is 5.26 Å². The number of halogens is 1. The van der Waals surface area contributed by atoms with Crippen LogP contribution in [0.15, 0.2) is 58.3 Å². The second-order valence-corrected chi connectivity index (χ2v) is 10.0. The summed E-state index contributed by atoms with van der Waals surface area (Å²) in [5, 5.41) is 12.6. The molecular weight excluding hydrogens is 436 g/mol. The molecule has 0 aliphatic carbocycles. The molecular formula is C18H15ClN4O4S2. The molecule has 1 aromatic heterocycles. The zero-order valence-electron chi connectivity index (χ0n) is 15.3. The predicted octanol–water partition coefficient (Wildman–Crippen LogP) is 3.06. The summed E-state index contributed by atoms with van der Waals surface area (Å²) in [5.41, 5.74) is 1.27. The van der Waals surface area contributed by atoms with E-state index in [4.69, 9.17) is 11.6 Å². The Labute approximate surface area is 173 Å². The Bertz CT molecular complexity index is 1320. The van der Waals surface area contributed by atoms with Crippen LogP contribution in [-0.2, 0) is 20.0 Å². The number of anilines is 1. The summed E-state index contributed by atoms with van der Waals surface area (Å²) >= 11 is 5.91. The van der Waals surface area contributed by atoms with Gasteiger partial charge in [-0.25, -0.2) is 8.42 Å². The largest absolute Gasteiger partial charge is 0.284 e. The van der Waals surface area contributed by atoms with Crippen LogP contribution in [0.5, 0.6) is 0 Å². The lowest BCUT2D eigenvalue weighted by Gasteiger charge is -2.12. The predicted molar refractivity (Wildman–Crippen MR) is 108 cm³/mol. The van der Waals surface area contributed by atoms with Crippen LogP contribution in [0.2, 0.25) is 5.15 Å². The second-order valence-electron chi connectivity index (χ2n) is 6.21. The monoisotopic (exact) mass is 450 g/mol. The Kier molecular flexibility index (Phi) is 5.40. The van der Waals surface area contributed by atoms with Gasteiger partial charge in [0.25, 0.3) is 20.0 Å². The molecule has 2 aromatic carbocycles. The van der Waals surface area contributed by atoms with Crippen LogP contribution in [0, 0.1) is 25.2 Å². The van der Waals surface area contributed by atoms with Gasteiger partial charge < -0.3 is 0 Å². The van der Waals surface area contributed by atoms with Crippen molar-refractivity contribution in [2.24, 2.45) is 0 Å². The van der Waals surface area contributed by atoms with Gasteiger partial charge in [0.05, 0.1) is 9.79 Å². The van der Waals surface area contributed by atoms with Crippen molar-refractivity contribution in [2.75, 3.05) is 4.72 Å². The number of hydrogen-bond donors (Lipinski definition) is 1. The highest BCUT2D eigenvalue weighted by Gasteiger charge is 2.30. The lowest BCUT2D eigenvalue weighted by molar-refractivity contribution is 0.581. The number of hydrogen-bond acceptors (Lipinski definition) is 6. The minimum absolute atomic E-state index is 0.108. The van der Waals surface area contributed by atoms with E-state index in [0.29, 0.717) is 4.09 Å². The highest BCUT2D eigenvalue weighted by molar-refractivity contribution is 7.93. The van der Waals surface area contributed by atoms with Crippen molar-refractivity contribution >= 4 is 37.5 Å². The third kappa shape index (κ3) is 3.98. The lowest BCUT2D eigenvalue weighted by Crippen LogP contribution is -2.21. The molecule has 0 spiro atoms. The molecule has 0 aliphatic rings.